The fourth-order valence-corrected chi connectivity index (χ4v) is 5.21. The number of sulfone groups is 1. The molecule has 2 aromatic rings. The minimum atomic E-state index is -3.69. The van der Waals surface area contributed by atoms with Gasteiger partial charge in [-0.3, -0.25) is 0 Å². The zero-order valence-electron chi connectivity index (χ0n) is 14.5. The van der Waals surface area contributed by atoms with E-state index in [-0.39, 0.29) is 16.4 Å². The van der Waals surface area contributed by atoms with E-state index in [9.17, 15) is 8.42 Å². The predicted octanol–water partition coefficient (Wildman–Crippen LogP) is 4.36. The molecule has 1 atom stereocenters. The smallest absolute Gasteiger partial charge is 0.208 e. The van der Waals surface area contributed by atoms with E-state index in [4.69, 9.17) is 9.47 Å². The van der Waals surface area contributed by atoms with Gasteiger partial charge in [0.25, 0.3) is 0 Å². The van der Waals surface area contributed by atoms with Gasteiger partial charge in [-0.1, -0.05) is 39.0 Å². The van der Waals surface area contributed by atoms with Crippen LogP contribution in [-0.4, -0.2) is 27.7 Å². The van der Waals surface area contributed by atoms with E-state index in [0.717, 1.165) is 5.56 Å². The van der Waals surface area contributed by atoms with E-state index >= 15 is 0 Å². The Hall–Kier alpha value is -1.37. The predicted molar refractivity (Wildman–Crippen MR) is 100.0 cm³/mol. The molecule has 0 amide bonds. The molecule has 0 bridgehead atoms. The summed E-state index contributed by atoms with van der Waals surface area (Å²) >= 11 is 3.37. The average molecular weight is 425 g/mol. The topological polar surface area (TPSA) is 55.9 Å². The summed E-state index contributed by atoms with van der Waals surface area (Å²) in [6, 6.07) is 12.2. The number of hydrogen-bond donors (Lipinski definition) is 0. The third-order valence-electron chi connectivity index (χ3n) is 4.02. The molecule has 1 saturated heterocycles. The lowest BCUT2D eigenvalue weighted by molar-refractivity contribution is 0.262. The zero-order chi connectivity index (χ0) is 18.2. The van der Waals surface area contributed by atoms with Gasteiger partial charge in [-0.2, -0.15) is 0 Å². The molecule has 6 heteroatoms. The number of halogens is 1. The lowest BCUT2D eigenvalue weighted by atomic mass is 9.87. The fourth-order valence-electron chi connectivity index (χ4n) is 2.57. The molecule has 0 spiro atoms. The number of benzene rings is 2. The third kappa shape index (κ3) is 4.07. The molecular formula is C19H21BrO4S. The summed E-state index contributed by atoms with van der Waals surface area (Å²) in [7, 11) is -3.69. The van der Waals surface area contributed by atoms with Gasteiger partial charge >= 0.3 is 0 Å². The van der Waals surface area contributed by atoms with Crippen LogP contribution in [0, 0.1) is 0 Å². The van der Waals surface area contributed by atoms with Crippen molar-refractivity contribution in [2.45, 2.75) is 42.1 Å². The van der Waals surface area contributed by atoms with E-state index < -0.39 is 9.84 Å². The lowest BCUT2D eigenvalue weighted by Crippen LogP contribution is -2.17. The summed E-state index contributed by atoms with van der Waals surface area (Å²) in [5, 5.41) is 0. The number of hydrogen-bond acceptors (Lipinski definition) is 4. The Morgan fingerprint density at radius 3 is 2.48 bits per heavy atom. The monoisotopic (exact) mass is 424 g/mol. The van der Waals surface area contributed by atoms with Crippen molar-refractivity contribution in [1.82, 2.24) is 0 Å². The molecule has 4 nitrogen and oxygen atoms in total. The van der Waals surface area contributed by atoms with Crippen LogP contribution >= 0.6 is 15.9 Å². The summed E-state index contributed by atoms with van der Waals surface area (Å²) < 4.78 is 37.9. The summed E-state index contributed by atoms with van der Waals surface area (Å²) in [6.45, 7) is 7.14. The molecule has 1 fully saturated rings. The molecule has 0 radical (unpaired) electrons. The van der Waals surface area contributed by atoms with Crippen molar-refractivity contribution in [3.63, 3.8) is 0 Å². The molecule has 0 aliphatic carbocycles. The second-order valence-electron chi connectivity index (χ2n) is 7.11. The van der Waals surface area contributed by atoms with Crippen molar-refractivity contribution >= 4 is 25.8 Å². The summed E-state index contributed by atoms with van der Waals surface area (Å²) in [5.41, 5.74) is 0.507. The lowest BCUT2D eigenvalue weighted by Gasteiger charge is -2.23. The summed E-state index contributed by atoms with van der Waals surface area (Å²) in [5.74, 6) is 0.519. The van der Waals surface area contributed by atoms with Crippen LogP contribution in [0.1, 0.15) is 26.3 Å². The van der Waals surface area contributed by atoms with E-state index in [1.165, 1.54) is 0 Å². The highest BCUT2D eigenvalue weighted by Crippen LogP contribution is 2.36. The van der Waals surface area contributed by atoms with Crippen molar-refractivity contribution in [2.75, 3.05) is 13.2 Å². The highest BCUT2D eigenvalue weighted by atomic mass is 79.9. The van der Waals surface area contributed by atoms with Gasteiger partial charge in [-0.15, -0.1) is 0 Å². The molecular weight excluding hydrogens is 404 g/mol. The highest BCUT2D eigenvalue weighted by Gasteiger charge is 2.29. The first kappa shape index (κ1) is 18.4. The largest absolute Gasteiger partial charge is 0.491 e. The maximum atomic E-state index is 13.3. The molecule has 0 saturated carbocycles. The second-order valence-corrected chi connectivity index (χ2v) is 9.85. The number of epoxide rings is 1. The average Bonchev–Trinajstić information content (AvgIpc) is 3.37. The Labute approximate surface area is 157 Å². The van der Waals surface area contributed by atoms with Gasteiger partial charge in [0.1, 0.15) is 18.5 Å². The first-order valence-electron chi connectivity index (χ1n) is 8.08. The Morgan fingerprint density at radius 2 is 1.84 bits per heavy atom. The quantitative estimate of drug-likeness (QED) is 0.669. The van der Waals surface area contributed by atoms with Crippen LogP contribution < -0.4 is 4.74 Å². The molecule has 1 heterocycles. The van der Waals surface area contributed by atoms with Crippen LogP contribution in [0.2, 0.25) is 0 Å². The van der Waals surface area contributed by atoms with Gasteiger partial charge in [0.15, 0.2) is 0 Å². The molecule has 1 aliphatic heterocycles. The van der Waals surface area contributed by atoms with Gasteiger partial charge in [0.2, 0.25) is 9.84 Å². The van der Waals surface area contributed by atoms with Crippen molar-refractivity contribution < 1.29 is 17.9 Å². The van der Waals surface area contributed by atoms with Gasteiger partial charge in [0, 0.05) is 10.5 Å². The van der Waals surface area contributed by atoms with Gasteiger partial charge < -0.3 is 9.47 Å². The first-order chi connectivity index (χ1) is 11.7. The minimum absolute atomic E-state index is 0.116. The van der Waals surface area contributed by atoms with E-state index in [2.05, 4.69) is 15.9 Å². The Bertz CT molecular complexity index is 881. The molecule has 25 heavy (non-hydrogen) atoms. The van der Waals surface area contributed by atoms with Crippen LogP contribution in [0.5, 0.6) is 5.75 Å². The zero-order valence-corrected chi connectivity index (χ0v) is 16.9. The Balaban J connectivity index is 2.04. The highest BCUT2D eigenvalue weighted by molar-refractivity contribution is 9.10. The number of ether oxygens (including phenoxy) is 2. The SMILES string of the molecule is CC(C)(C)c1ccccc1S(=O)(=O)c1cc(OCC2CO2)ccc1Br. The molecule has 0 N–H and O–H groups in total. The van der Waals surface area contributed by atoms with Crippen molar-refractivity contribution in [3.8, 4) is 5.75 Å². The molecule has 134 valence electrons. The van der Waals surface area contributed by atoms with E-state index in [1.54, 1.807) is 30.3 Å². The van der Waals surface area contributed by atoms with Gasteiger partial charge in [0.05, 0.1) is 16.4 Å². The van der Waals surface area contributed by atoms with E-state index in [1.807, 2.05) is 32.9 Å². The first-order valence-corrected chi connectivity index (χ1v) is 10.4. The van der Waals surface area contributed by atoms with Gasteiger partial charge in [-0.05, 0) is 45.1 Å². The van der Waals surface area contributed by atoms with Crippen molar-refractivity contribution in [1.29, 1.82) is 0 Å². The summed E-state index contributed by atoms with van der Waals surface area (Å²) in [6.07, 6.45) is 0.116. The Morgan fingerprint density at radius 1 is 1.16 bits per heavy atom. The van der Waals surface area contributed by atoms with Crippen LogP contribution in [-0.2, 0) is 20.0 Å². The maximum absolute atomic E-state index is 13.3. The second kappa shape index (κ2) is 6.74. The molecule has 3 rings (SSSR count). The third-order valence-corrected chi connectivity index (χ3v) is 6.82. The molecule has 1 unspecified atom stereocenters. The van der Waals surface area contributed by atoms with Crippen molar-refractivity contribution in [2.24, 2.45) is 0 Å². The standard InChI is InChI=1S/C19H21BrO4S/c1-19(2,3)15-6-4-5-7-17(15)25(21,22)18-10-13(8-9-16(18)20)23-11-14-12-24-14/h4-10,14H,11-12H2,1-3H3. The minimum Gasteiger partial charge on any atom is -0.491 e. The number of rotatable bonds is 5. The van der Waals surface area contributed by atoms with E-state index in [0.29, 0.717) is 28.3 Å². The molecule has 2 aromatic carbocycles. The van der Waals surface area contributed by atoms with Crippen LogP contribution in [0.15, 0.2) is 56.7 Å². The van der Waals surface area contributed by atoms with Crippen LogP contribution in [0.4, 0.5) is 0 Å². The summed E-state index contributed by atoms with van der Waals surface area (Å²) in [4.78, 5) is 0.532. The fraction of sp³-hybridized carbons (Fsp3) is 0.368. The van der Waals surface area contributed by atoms with Gasteiger partial charge in [-0.25, -0.2) is 8.42 Å². The normalized spacial score (nSPS) is 17.4. The van der Waals surface area contributed by atoms with Crippen LogP contribution in [0.3, 0.4) is 0 Å². The van der Waals surface area contributed by atoms with Crippen LogP contribution in [0.25, 0.3) is 0 Å². The van der Waals surface area contributed by atoms with Crippen molar-refractivity contribution in [3.05, 3.63) is 52.5 Å². The Kier molecular flexibility index (Phi) is 4.97. The molecule has 0 aromatic heterocycles. The maximum Gasteiger partial charge on any atom is 0.208 e. The molecule has 1 aliphatic rings.